The van der Waals surface area contributed by atoms with Crippen molar-refractivity contribution in [1.82, 2.24) is 14.9 Å². The molecule has 2 amide bonds. The molecule has 10 nitrogen and oxygen atoms in total. The second-order valence-corrected chi connectivity index (χ2v) is 9.26. The highest BCUT2D eigenvalue weighted by atomic mass is 16.6. The van der Waals surface area contributed by atoms with Gasteiger partial charge in [0.25, 0.3) is 6.01 Å². The van der Waals surface area contributed by atoms with Gasteiger partial charge in [-0.15, -0.1) is 0 Å². The van der Waals surface area contributed by atoms with Gasteiger partial charge in [-0.1, -0.05) is 6.07 Å². The normalized spacial score (nSPS) is 12.2. The van der Waals surface area contributed by atoms with Crippen LogP contribution in [0.4, 0.5) is 16.5 Å². The molecule has 1 aromatic carbocycles. The summed E-state index contributed by atoms with van der Waals surface area (Å²) in [5, 5.41) is 5.75. The molecule has 0 unspecified atom stereocenters. The Morgan fingerprint density at radius 1 is 1.20 bits per heavy atom. The Hall–Kier alpha value is -3.95. The number of aromatic nitrogens is 2. The number of amides is 2. The van der Waals surface area contributed by atoms with Gasteiger partial charge in [0.15, 0.2) is 0 Å². The van der Waals surface area contributed by atoms with E-state index in [9.17, 15) is 14.4 Å². The number of pyridine rings is 1. The molecule has 0 aliphatic heterocycles. The molecule has 3 rings (SSSR count). The molecule has 186 valence electrons. The fraction of sp³-hybridized carbons (Fsp3) is 0.400. The van der Waals surface area contributed by atoms with E-state index in [2.05, 4.69) is 20.6 Å². The molecule has 10 heteroatoms. The summed E-state index contributed by atoms with van der Waals surface area (Å²) in [5.74, 6) is -0.182. The Morgan fingerprint density at radius 2 is 1.94 bits per heavy atom. The molecule has 35 heavy (non-hydrogen) atoms. The maximum absolute atomic E-state index is 12.8. The Bertz CT molecular complexity index is 1270. The van der Waals surface area contributed by atoms with Crippen molar-refractivity contribution in [1.29, 1.82) is 0 Å². The highest BCUT2D eigenvalue weighted by Gasteiger charge is 2.21. The number of ether oxygens (including phenoxy) is 1. The molecule has 0 bridgehead atoms. The molecular weight excluding hydrogens is 450 g/mol. The fourth-order valence-electron chi connectivity index (χ4n) is 3.45. The lowest BCUT2D eigenvalue weighted by molar-refractivity contribution is -0.130. The van der Waals surface area contributed by atoms with Crippen molar-refractivity contribution in [3.63, 3.8) is 0 Å². The number of likely N-dealkylation sites (N-methyl/N-ethyl adjacent to an activating group) is 1. The van der Waals surface area contributed by atoms with Crippen molar-refractivity contribution in [3.05, 3.63) is 58.2 Å². The standard InChI is InChI=1S/C25H31N5O5/c1-15-18(29-24(33)35-25(3,4)5)10-11-19-20(15)22(32)34-23(28-19)27-16(2)21(31)30(6)14-12-17-9-7-8-13-26-17/h7-11,13,16H,12,14H2,1-6H3,(H,27,28)(H,29,33)/t16-/m1/s1. The van der Waals surface area contributed by atoms with Crippen molar-refractivity contribution in [2.24, 2.45) is 0 Å². The van der Waals surface area contributed by atoms with Crippen molar-refractivity contribution >= 4 is 34.6 Å². The second kappa shape index (κ2) is 10.5. The number of anilines is 2. The van der Waals surface area contributed by atoms with Gasteiger partial charge in [-0.05, 0) is 64.4 Å². The number of carbonyl (C=O) groups excluding carboxylic acids is 2. The first kappa shape index (κ1) is 25.7. The van der Waals surface area contributed by atoms with Gasteiger partial charge in [0.2, 0.25) is 5.91 Å². The van der Waals surface area contributed by atoms with Gasteiger partial charge in [0.05, 0.1) is 10.9 Å². The van der Waals surface area contributed by atoms with Gasteiger partial charge in [0.1, 0.15) is 11.6 Å². The minimum Gasteiger partial charge on any atom is -0.444 e. The number of benzene rings is 1. The van der Waals surface area contributed by atoms with E-state index in [-0.39, 0.29) is 17.3 Å². The van der Waals surface area contributed by atoms with Crippen LogP contribution in [-0.4, -0.2) is 52.1 Å². The molecule has 3 aromatic rings. The highest BCUT2D eigenvalue weighted by molar-refractivity contribution is 5.93. The number of rotatable bonds is 7. The second-order valence-electron chi connectivity index (χ2n) is 9.26. The van der Waals surface area contributed by atoms with Crippen LogP contribution in [0.5, 0.6) is 0 Å². The molecule has 0 radical (unpaired) electrons. The smallest absolute Gasteiger partial charge is 0.412 e. The van der Waals surface area contributed by atoms with Crippen LogP contribution >= 0.6 is 0 Å². The van der Waals surface area contributed by atoms with E-state index in [0.717, 1.165) is 5.69 Å². The molecule has 0 aliphatic carbocycles. The maximum Gasteiger partial charge on any atom is 0.412 e. The van der Waals surface area contributed by atoms with Gasteiger partial charge in [-0.3, -0.25) is 15.1 Å². The molecule has 0 spiro atoms. The number of hydrogen-bond acceptors (Lipinski definition) is 8. The minimum absolute atomic E-state index is 0.0614. The van der Waals surface area contributed by atoms with Crippen LogP contribution in [0.3, 0.4) is 0 Å². The van der Waals surface area contributed by atoms with Gasteiger partial charge >= 0.3 is 11.7 Å². The summed E-state index contributed by atoms with van der Waals surface area (Å²) < 4.78 is 10.6. The minimum atomic E-state index is -0.675. The molecule has 2 N–H and O–H groups in total. The lowest BCUT2D eigenvalue weighted by Gasteiger charge is -2.22. The van der Waals surface area contributed by atoms with Crippen LogP contribution in [0, 0.1) is 6.92 Å². The Morgan fingerprint density at radius 3 is 2.60 bits per heavy atom. The zero-order valence-corrected chi connectivity index (χ0v) is 20.8. The number of nitrogens with zero attached hydrogens (tertiary/aromatic N) is 3. The van der Waals surface area contributed by atoms with Crippen molar-refractivity contribution < 1.29 is 18.7 Å². The molecule has 2 aromatic heterocycles. The third-order valence-electron chi connectivity index (χ3n) is 5.21. The first-order valence-corrected chi connectivity index (χ1v) is 11.3. The Balaban J connectivity index is 1.71. The molecular formula is C25H31N5O5. The van der Waals surface area contributed by atoms with E-state index in [0.29, 0.717) is 29.7 Å². The number of fused-ring (bicyclic) bond motifs is 1. The van der Waals surface area contributed by atoms with Gasteiger partial charge in [-0.25, -0.2) is 9.59 Å². The largest absolute Gasteiger partial charge is 0.444 e. The molecule has 2 heterocycles. The van der Waals surface area contributed by atoms with Crippen LogP contribution < -0.4 is 16.3 Å². The van der Waals surface area contributed by atoms with Crippen molar-refractivity contribution in [2.45, 2.75) is 52.7 Å². The van der Waals surface area contributed by atoms with E-state index >= 15 is 0 Å². The third kappa shape index (κ3) is 6.78. The topological polar surface area (TPSA) is 127 Å². The number of nitrogens with one attached hydrogen (secondary N) is 2. The summed E-state index contributed by atoms with van der Waals surface area (Å²) in [6.07, 6.45) is 1.71. The zero-order valence-electron chi connectivity index (χ0n) is 20.8. The van der Waals surface area contributed by atoms with Crippen molar-refractivity contribution in [2.75, 3.05) is 24.2 Å². The summed E-state index contributed by atoms with van der Waals surface area (Å²) in [6, 6.07) is 8.15. The third-order valence-corrected chi connectivity index (χ3v) is 5.21. The maximum atomic E-state index is 12.8. The van der Waals surface area contributed by atoms with Crippen LogP contribution in [0.1, 0.15) is 39.0 Å². The van der Waals surface area contributed by atoms with Crippen molar-refractivity contribution in [3.8, 4) is 0 Å². The van der Waals surface area contributed by atoms with E-state index in [1.54, 1.807) is 64.9 Å². The van der Waals surface area contributed by atoms with Crippen LogP contribution in [-0.2, 0) is 16.0 Å². The predicted octanol–water partition coefficient (Wildman–Crippen LogP) is 3.74. The van der Waals surface area contributed by atoms with Gasteiger partial charge < -0.3 is 19.4 Å². The highest BCUT2D eigenvalue weighted by Crippen LogP contribution is 2.24. The van der Waals surface area contributed by atoms with Crippen LogP contribution in [0.25, 0.3) is 10.9 Å². The Kier molecular flexibility index (Phi) is 7.73. The SMILES string of the molecule is Cc1c(NC(=O)OC(C)(C)C)ccc2nc(N[C@H](C)C(=O)N(C)CCc3ccccn3)oc(=O)c12. The fourth-order valence-corrected chi connectivity index (χ4v) is 3.45. The monoisotopic (exact) mass is 481 g/mol. The number of hydrogen-bond donors (Lipinski definition) is 2. The summed E-state index contributed by atoms with van der Waals surface area (Å²) in [6.45, 7) is 9.13. The summed E-state index contributed by atoms with van der Waals surface area (Å²) in [4.78, 5) is 47.8. The first-order chi connectivity index (χ1) is 16.4. The lowest BCUT2D eigenvalue weighted by Crippen LogP contribution is -2.40. The quantitative estimate of drug-likeness (QED) is 0.523. The zero-order chi connectivity index (χ0) is 25.8. The number of carbonyl (C=O) groups is 2. The van der Waals surface area contributed by atoms with Crippen LogP contribution in [0.15, 0.2) is 45.7 Å². The molecule has 0 saturated carbocycles. The summed E-state index contributed by atoms with van der Waals surface area (Å²) in [7, 11) is 1.70. The summed E-state index contributed by atoms with van der Waals surface area (Å²) in [5.41, 5.74) is 0.895. The van der Waals surface area contributed by atoms with E-state index in [1.165, 1.54) is 0 Å². The van der Waals surface area contributed by atoms with E-state index < -0.39 is 23.4 Å². The molecule has 0 fully saturated rings. The average molecular weight is 482 g/mol. The molecule has 0 aliphatic rings. The average Bonchev–Trinajstić information content (AvgIpc) is 2.78. The Labute approximate surface area is 203 Å². The first-order valence-electron chi connectivity index (χ1n) is 11.3. The van der Waals surface area contributed by atoms with Crippen LogP contribution in [0.2, 0.25) is 0 Å². The van der Waals surface area contributed by atoms with E-state index in [4.69, 9.17) is 9.15 Å². The summed E-state index contributed by atoms with van der Waals surface area (Å²) >= 11 is 0. The molecule has 1 atom stereocenters. The molecule has 0 saturated heterocycles. The van der Waals surface area contributed by atoms with Gasteiger partial charge in [0, 0.05) is 37.6 Å². The lowest BCUT2D eigenvalue weighted by atomic mass is 10.1. The van der Waals surface area contributed by atoms with E-state index in [1.807, 2.05) is 18.2 Å². The van der Waals surface area contributed by atoms with Gasteiger partial charge in [-0.2, -0.15) is 4.98 Å². The predicted molar refractivity (Wildman–Crippen MR) is 134 cm³/mol. The number of aryl methyl sites for hydroxylation is 1.